The Hall–Kier alpha value is -2.29. The predicted octanol–water partition coefficient (Wildman–Crippen LogP) is 3.96. The van der Waals surface area contributed by atoms with Crippen molar-refractivity contribution in [3.63, 3.8) is 0 Å². The van der Waals surface area contributed by atoms with Crippen molar-refractivity contribution in [2.45, 2.75) is 58.1 Å². The Balaban J connectivity index is 1.82. The zero-order valence-corrected chi connectivity index (χ0v) is 15.8. The van der Waals surface area contributed by atoms with Gasteiger partial charge in [0.25, 0.3) is 0 Å². The molecule has 1 atom stereocenters. The van der Waals surface area contributed by atoms with Crippen molar-refractivity contribution in [1.29, 1.82) is 0 Å². The van der Waals surface area contributed by atoms with Gasteiger partial charge in [-0.3, -0.25) is 9.37 Å². The summed E-state index contributed by atoms with van der Waals surface area (Å²) in [6.07, 6.45) is 5.86. The lowest BCUT2D eigenvalue weighted by molar-refractivity contribution is -0.0141. The maximum absolute atomic E-state index is 12.1. The number of aromatic nitrogens is 1. The van der Waals surface area contributed by atoms with Crippen molar-refractivity contribution >= 4 is 6.09 Å². The topological polar surface area (TPSA) is 51.7 Å². The number of pyridine rings is 1. The largest absolute Gasteiger partial charge is 0.490 e. The number of rotatable bonds is 6. The zero-order chi connectivity index (χ0) is 19.0. The molecule has 0 aromatic carbocycles. The van der Waals surface area contributed by atoms with E-state index in [2.05, 4.69) is 16.8 Å². The highest BCUT2D eigenvalue weighted by Gasteiger charge is 2.35. The molecule has 5 nitrogen and oxygen atoms in total. The highest BCUT2D eigenvalue weighted by atomic mass is 19.1. The number of carbonyl (C=O) groups excluding carboxylic acids is 1. The number of halogens is 1. The van der Waals surface area contributed by atoms with Gasteiger partial charge in [0.15, 0.2) is 0 Å². The fourth-order valence-electron chi connectivity index (χ4n) is 2.41. The standard InChI is InChI=1S/C20H27FN2O3/c1-20(2,3)26-19(24)23-11-9-17(23)15-25-18-12-16(13-22-14-18)8-6-4-5-7-10-21/h12-14,17H,4-5,7,9-11,15H2,1-3H3/t17-/m0/s1. The summed E-state index contributed by atoms with van der Waals surface area (Å²) in [6, 6.07) is 1.84. The van der Waals surface area contributed by atoms with Crippen LogP contribution in [0.4, 0.5) is 9.18 Å². The van der Waals surface area contributed by atoms with Gasteiger partial charge in [0.05, 0.1) is 18.9 Å². The van der Waals surface area contributed by atoms with Crippen LogP contribution in [-0.4, -0.2) is 47.4 Å². The lowest BCUT2D eigenvalue weighted by Crippen LogP contribution is -2.55. The fourth-order valence-corrected chi connectivity index (χ4v) is 2.41. The SMILES string of the molecule is CC(C)(C)OC(=O)N1CC[C@H]1COc1cncc(C#CCCCCF)c1. The molecule has 1 saturated heterocycles. The number of unbranched alkanes of at least 4 members (excludes halogenated alkanes) is 2. The Morgan fingerprint density at radius 2 is 2.19 bits per heavy atom. The Kier molecular flexibility index (Phi) is 7.26. The summed E-state index contributed by atoms with van der Waals surface area (Å²) >= 11 is 0. The summed E-state index contributed by atoms with van der Waals surface area (Å²) in [5, 5.41) is 0. The van der Waals surface area contributed by atoms with E-state index in [0.717, 1.165) is 18.4 Å². The molecule has 1 aromatic heterocycles. The Morgan fingerprint density at radius 3 is 2.85 bits per heavy atom. The van der Waals surface area contributed by atoms with Gasteiger partial charge in [0, 0.05) is 24.7 Å². The lowest BCUT2D eigenvalue weighted by atomic mass is 10.1. The first-order chi connectivity index (χ1) is 12.4. The van der Waals surface area contributed by atoms with Crippen LogP contribution in [0.2, 0.25) is 0 Å². The summed E-state index contributed by atoms with van der Waals surface area (Å²) < 4.78 is 23.2. The predicted molar refractivity (Wildman–Crippen MR) is 97.8 cm³/mol. The molecule has 142 valence electrons. The summed E-state index contributed by atoms with van der Waals surface area (Å²) in [4.78, 5) is 17.9. The van der Waals surface area contributed by atoms with Gasteiger partial charge < -0.3 is 14.4 Å². The molecule has 1 amide bonds. The molecule has 0 N–H and O–H groups in total. The van der Waals surface area contributed by atoms with Gasteiger partial charge in [-0.1, -0.05) is 11.8 Å². The van der Waals surface area contributed by atoms with Crippen LogP contribution in [-0.2, 0) is 4.74 Å². The van der Waals surface area contributed by atoms with Crippen molar-refractivity contribution in [3.8, 4) is 17.6 Å². The maximum Gasteiger partial charge on any atom is 0.410 e. The number of likely N-dealkylation sites (tertiary alicyclic amines) is 1. The normalized spacial score (nSPS) is 16.3. The number of hydrogen-bond acceptors (Lipinski definition) is 4. The monoisotopic (exact) mass is 362 g/mol. The third kappa shape index (κ3) is 6.55. The van der Waals surface area contributed by atoms with E-state index in [1.807, 2.05) is 26.8 Å². The second kappa shape index (κ2) is 9.42. The number of alkyl halides is 1. The quantitative estimate of drug-likeness (QED) is 0.568. The summed E-state index contributed by atoms with van der Waals surface area (Å²) in [5.74, 6) is 6.65. The first-order valence-electron chi connectivity index (χ1n) is 9.01. The van der Waals surface area contributed by atoms with Gasteiger partial charge in [-0.15, -0.1) is 0 Å². The van der Waals surface area contributed by atoms with E-state index in [0.29, 0.717) is 31.7 Å². The minimum Gasteiger partial charge on any atom is -0.490 e. The van der Waals surface area contributed by atoms with Crippen molar-refractivity contribution < 1.29 is 18.7 Å². The molecular formula is C20H27FN2O3. The Bertz CT molecular complexity index is 661. The molecule has 0 spiro atoms. The van der Waals surface area contributed by atoms with Gasteiger partial charge >= 0.3 is 6.09 Å². The Morgan fingerprint density at radius 1 is 1.38 bits per heavy atom. The van der Waals surface area contributed by atoms with Crippen LogP contribution in [0.25, 0.3) is 0 Å². The van der Waals surface area contributed by atoms with E-state index in [9.17, 15) is 9.18 Å². The third-order valence-corrected chi connectivity index (χ3v) is 3.85. The van der Waals surface area contributed by atoms with Crippen LogP contribution in [0.15, 0.2) is 18.5 Å². The van der Waals surface area contributed by atoms with Gasteiger partial charge in [-0.2, -0.15) is 0 Å². The van der Waals surface area contributed by atoms with Crippen molar-refractivity contribution in [1.82, 2.24) is 9.88 Å². The average molecular weight is 362 g/mol. The highest BCUT2D eigenvalue weighted by Crippen LogP contribution is 2.22. The molecule has 6 heteroatoms. The minimum absolute atomic E-state index is 0.0142. The molecular weight excluding hydrogens is 335 g/mol. The Labute approximate surface area is 154 Å². The molecule has 1 aliphatic rings. The van der Waals surface area contributed by atoms with Crippen LogP contribution in [0.3, 0.4) is 0 Å². The number of hydrogen-bond donors (Lipinski definition) is 0. The van der Waals surface area contributed by atoms with E-state index in [4.69, 9.17) is 9.47 Å². The second-order valence-electron chi connectivity index (χ2n) is 7.28. The van der Waals surface area contributed by atoms with Crippen molar-refractivity contribution in [2.75, 3.05) is 19.8 Å². The molecule has 2 heterocycles. The number of amides is 1. The number of carbonyl (C=O) groups is 1. The van der Waals surface area contributed by atoms with E-state index in [1.165, 1.54) is 0 Å². The fraction of sp³-hybridized carbons (Fsp3) is 0.600. The molecule has 1 aromatic rings. The molecule has 0 saturated carbocycles. The third-order valence-electron chi connectivity index (χ3n) is 3.85. The average Bonchev–Trinajstić information content (AvgIpc) is 2.52. The zero-order valence-electron chi connectivity index (χ0n) is 15.8. The van der Waals surface area contributed by atoms with E-state index < -0.39 is 5.60 Å². The van der Waals surface area contributed by atoms with Crippen LogP contribution < -0.4 is 4.74 Å². The summed E-state index contributed by atoms with van der Waals surface area (Å²) in [5.41, 5.74) is 0.263. The minimum atomic E-state index is -0.501. The number of ether oxygens (including phenoxy) is 2. The van der Waals surface area contributed by atoms with E-state index in [1.54, 1.807) is 17.3 Å². The molecule has 2 rings (SSSR count). The summed E-state index contributed by atoms with van der Waals surface area (Å²) in [6.45, 7) is 6.35. The second-order valence-corrected chi connectivity index (χ2v) is 7.28. The molecule has 0 unspecified atom stereocenters. The molecule has 0 radical (unpaired) electrons. The maximum atomic E-state index is 12.1. The van der Waals surface area contributed by atoms with E-state index >= 15 is 0 Å². The lowest BCUT2D eigenvalue weighted by Gasteiger charge is -2.40. The molecule has 1 fully saturated rings. The summed E-state index contributed by atoms with van der Waals surface area (Å²) in [7, 11) is 0. The molecule has 26 heavy (non-hydrogen) atoms. The van der Waals surface area contributed by atoms with Gasteiger partial charge in [-0.25, -0.2) is 4.79 Å². The van der Waals surface area contributed by atoms with Gasteiger partial charge in [-0.05, 0) is 46.1 Å². The van der Waals surface area contributed by atoms with Crippen LogP contribution in [0, 0.1) is 11.8 Å². The van der Waals surface area contributed by atoms with Crippen molar-refractivity contribution in [3.05, 3.63) is 24.0 Å². The van der Waals surface area contributed by atoms with Crippen molar-refractivity contribution in [2.24, 2.45) is 0 Å². The van der Waals surface area contributed by atoms with Gasteiger partial charge in [0.1, 0.15) is 18.0 Å². The smallest absolute Gasteiger partial charge is 0.410 e. The van der Waals surface area contributed by atoms with E-state index in [-0.39, 0.29) is 18.8 Å². The first-order valence-corrected chi connectivity index (χ1v) is 9.01. The first kappa shape index (κ1) is 20.0. The molecule has 1 aliphatic heterocycles. The van der Waals surface area contributed by atoms with Crippen LogP contribution >= 0.6 is 0 Å². The number of nitrogens with zero attached hydrogens (tertiary/aromatic N) is 2. The molecule has 0 aliphatic carbocycles. The highest BCUT2D eigenvalue weighted by molar-refractivity contribution is 5.69. The van der Waals surface area contributed by atoms with Crippen LogP contribution in [0.5, 0.6) is 5.75 Å². The molecule has 0 bridgehead atoms. The van der Waals surface area contributed by atoms with Gasteiger partial charge in [0.2, 0.25) is 0 Å². The van der Waals surface area contributed by atoms with Crippen LogP contribution in [0.1, 0.15) is 52.0 Å².